The Bertz CT molecular complexity index is 332. The molecule has 1 aromatic rings. The fourth-order valence-corrected chi connectivity index (χ4v) is 1.46. The predicted octanol–water partition coefficient (Wildman–Crippen LogP) is 3.82. The number of nitrogens with two attached hydrogens (primary N) is 1. The molecule has 1 atom stereocenters. The third kappa shape index (κ3) is 2.22. The maximum Gasteiger partial charge on any atom is 0.0595 e. The van der Waals surface area contributed by atoms with E-state index in [0.717, 1.165) is 5.56 Å². The molecule has 2 N–H and O–H groups in total. The van der Waals surface area contributed by atoms with Crippen molar-refractivity contribution in [3.05, 3.63) is 33.8 Å². The summed E-state index contributed by atoms with van der Waals surface area (Å²) >= 11 is 11.8. The van der Waals surface area contributed by atoms with Crippen molar-refractivity contribution in [3.63, 3.8) is 0 Å². The zero-order valence-corrected chi connectivity index (χ0v) is 10.2. The second kappa shape index (κ2) is 4.09. The minimum Gasteiger partial charge on any atom is -0.321 e. The first-order valence-electron chi connectivity index (χ1n) is 4.60. The molecule has 0 aliphatic heterocycles. The zero-order chi connectivity index (χ0) is 10.9. The third-order valence-corrected chi connectivity index (χ3v) is 3.48. The summed E-state index contributed by atoms with van der Waals surface area (Å²) in [5.41, 5.74) is 6.85. The van der Waals surface area contributed by atoms with Crippen LogP contribution in [0.2, 0.25) is 10.0 Å². The smallest absolute Gasteiger partial charge is 0.0595 e. The number of hydrogen-bond donors (Lipinski definition) is 1. The molecule has 78 valence electrons. The predicted molar refractivity (Wildman–Crippen MR) is 62.8 cm³/mol. The van der Waals surface area contributed by atoms with Gasteiger partial charge in [0, 0.05) is 5.54 Å². The molecule has 0 radical (unpaired) electrons. The molecule has 1 unspecified atom stereocenters. The average molecular weight is 232 g/mol. The van der Waals surface area contributed by atoms with Crippen LogP contribution >= 0.6 is 23.2 Å². The lowest BCUT2D eigenvalue weighted by atomic mass is 9.83. The van der Waals surface area contributed by atoms with E-state index in [0.29, 0.717) is 16.0 Å². The lowest BCUT2D eigenvalue weighted by molar-refractivity contribution is 0.350. The molecule has 1 rings (SSSR count). The highest BCUT2D eigenvalue weighted by molar-refractivity contribution is 6.42. The Morgan fingerprint density at radius 3 is 2.21 bits per heavy atom. The van der Waals surface area contributed by atoms with Gasteiger partial charge in [0.15, 0.2) is 0 Å². The van der Waals surface area contributed by atoms with E-state index in [1.807, 2.05) is 19.1 Å². The van der Waals surface area contributed by atoms with Crippen LogP contribution in [-0.2, 0) is 5.54 Å². The standard InChI is InChI=1S/C11H15Cl2N/c1-7(2)11(3,14)8-4-5-9(12)10(13)6-8/h4-7H,14H2,1-3H3. The first-order chi connectivity index (χ1) is 6.35. The fourth-order valence-electron chi connectivity index (χ4n) is 1.16. The van der Waals surface area contributed by atoms with Crippen LogP contribution in [0.25, 0.3) is 0 Å². The molecule has 3 heteroatoms. The van der Waals surface area contributed by atoms with Crippen molar-refractivity contribution in [2.24, 2.45) is 11.7 Å². The minimum absolute atomic E-state index is 0.347. The maximum absolute atomic E-state index is 6.20. The Labute approximate surface area is 95.2 Å². The van der Waals surface area contributed by atoms with Crippen LogP contribution in [0.5, 0.6) is 0 Å². The molecule has 0 bridgehead atoms. The van der Waals surface area contributed by atoms with Gasteiger partial charge in [0.1, 0.15) is 0 Å². The molecule has 0 amide bonds. The van der Waals surface area contributed by atoms with E-state index in [-0.39, 0.29) is 5.54 Å². The molecule has 0 aliphatic rings. The molecule has 14 heavy (non-hydrogen) atoms. The van der Waals surface area contributed by atoms with E-state index < -0.39 is 0 Å². The molecular formula is C11H15Cl2N. The van der Waals surface area contributed by atoms with Gasteiger partial charge in [0.25, 0.3) is 0 Å². The quantitative estimate of drug-likeness (QED) is 0.823. The molecule has 1 aromatic carbocycles. The second-order valence-corrected chi connectivity index (χ2v) is 4.88. The Hall–Kier alpha value is -0.240. The van der Waals surface area contributed by atoms with Crippen molar-refractivity contribution in [1.29, 1.82) is 0 Å². The first-order valence-corrected chi connectivity index (χ1v) is 5.35. The van der Waals surface area contributed by atoms with Gasteiger partial charge in [-0.05, 0) is 30.5 Å². The van der Waals surface area contributed by atoms with E-state index in [1.165, 1.54) is 0 Å². The van der Waals surface area contributed by atoms with Gasteiger partial charge in [-0.25, -0.2) is 0 Å². The minimum atomic E-state index is -0.367. The third-order valence-electron chi connectivity index (χ3n) is 2.74. The van der Waals surface area contributed by atoms with E-state index in [4.69, 9.17) is 28.9 Å². The fraction of sp³-hybridized carbons (Fsp3) is 0.455. The van der Waals surface area contributed by atoms with Gasteiger partial charge in [0.2, 0.25) is 0 Å². The maximum atomic E-state index is 6.20. The molecule has 0 saturated heterocycles. The highest BCUT2D eigenvalue weighted by atomic mass is 35.5. The molecular weight excluding hydrogens is 217 g/mol. The lowest BCUT2D eigenvalue weighted by Crippen LogP contribution is -2.38. The van der Waals surface area contributed by atoms with Crippen LogP contribution in [0.1, 0.15) is 26.3 Å². The zero-order valence-electron chi connectivity index (χ0n) is 8.64. The number of rotatable bonds is 2. The molecule has 0 heterocycles. The molecule has 0 fully saturated rings. The normalized spacial score (nSPS) is 15.6. The SMILES string of the molecule is CC(C)C(C)(N)c1ccc(Cl)c(Cl)c1. The van der Waals surface area contributed by atoms with Crippen LogP contribution in [0.15, 0.2) is 18.2 Å². The van der Waals surface area contributed by atoms with Crippen LogP contribution in [0.4, 0.5) is 0 Å². The summed E-state index contributed by atoms with van der Waals surface area (Å²) in [6, 6.07) is 5.55. The lowest BCUT2D eigenvalue weighted by Gasteiger charge is -2.30. The molecule has 1 nitrogen and oxygen atoms in total. The van der Waals surface area contributed by atoms with Crippen molar-refractivity contribution in [2.75, 3.05) is 0 Å². The Morgan fingerprint density at radius 2 is 1.79 bits per heavy atom. The summed E-state index contributed by atoms with van der Waals surface area (Å²) in [6.07, 6.45) is 0. The van der Waals surface area contributed by atoms with E-state index >= 15 is 0 Å². The van der Waals surface area contributed by atoms with Gasteiger partial charge < -0.3 is 5.73 Å². The Morgan fingerprint density at radius 1 is 1.21 bits per heavy atom. The van der Waals surface area contributed by atoms with Crippen molar-refractivity contribution in [2.45, 2.75) is 26.3 Å². The van der Waals surface area contributed by atoms with Crippen molar-refractivity contribution < 1.29 is 0 Å². The number of benzene rings is 1. The monoisotopic (exact) mass is 231 g/mol. The van der Waals surface area contributed by atoms with Crippen molar-refractivity contribution >= 4 is 23.2 Å². The summed E-state index contributed by atoms with van der Waals surface area (Å²) in [4.78, 5) is 0. The van der Waals surface area contributed by atoms with Gasteiger partial charge >= 0.3 is 0 Å². The summed E-state index contributed by atoms with van der Waals surface area (Å²) in [5, 5.41) is 1.12. The van der Waals surface area contributed by atoms with E-state index in [1.54, 1.807) is 6.07 Å². The molecule has 0 saturated carbocycles. The summed E-state index contributed by atoms with van der Waals surface area (Å²) in [6.45, 7) is 6.17. The largest absolute Gasteiger partial charge is 0.321 e. The number of hydrogen-bond acceptors (Lipinski definition) is 1. The summed E-state index contributed by atoms with van der Waals surface area (Å²) < 4.78 is 0. The van der Waals surface area contributed by atoms with Gasteiger partial charge in [-0.1, -0.05) is 43.1 Å². The van der Waals surface area contributed by atoms with Gasteiger partial charge in [-0.3, -0.25) is 0 Å². The van der Waals surface area contributed by atoms with Crippen LogP contribution in [0, 0.1) is 5.92 Å². The van der Waals surface area contributed by atoms with Gasteiger partial charge in [0.05, 0.1) is 10.0 Å². The van der Waals surface area contributed by atoms with Gasteiger partial charge in [-0.15, -0.1) is 0 Å². The van der Waals surface area contributed by atoms with Crippen LogP contribution in [0.3, 0.4) is 0 Å². The number of halogens is 2. The van der Waals surface area contributed by atoms with Crippen molar-refractivity contribution in [3.8, 4) is 0 Å². The van der Waals surface area contributed by atoms with E-state index in [9.17, 15) is 0 Å². The topological polar surface area (TPSA) is 26.0 Å². The Balaban J connectivity index is 3.14. The average Bonchev–Trinajstić information content (AvgIpc) is 2.09. The summed E-state index contributed by atoms with van der Waals surface area (Å²) in [5.74, 6) is 0.347. The molecule has 0 aliphatic carbocycles. The van der Waals surface area contributed by atoms with Crippen LogP contribution in [-0.4, -0.2) is 0 Å². The summed E-state index contributed by atoms with van der Waals surface area (Å²) in [7, 11) is 0. The first kappa shape index (κ1) is 11.8. The van der Waals surface area contributed by atoms with Gasteiger partial charge in [-0.2, -0.15) is 0 Å². The highest BCUT2D eigenvalue weighted by Gasteiger charge is 2.25. The van der Waals surface area contributed by atoms with Crippen molar-refractivity contribution in [1.82, 2.24) is 0 Å². The van der Waals surface area contributed by atoms with E-state index in [2.05, 4.69) is 13.8 Å². The Kier molecular flexibility index (Phi) is 3.46. The molecule has 0 aromatic heterocycles. The second-order valence-electron chi connectivity index (χ2n) is 4.07. The van der Waals surface area contributed by atoms with Crippen LogP contribution < -0.4 is 5.73 Å². The molecule has 0 spiro atoms. The highest BCUT2D eigenvalue weighted by Crippen LogP contribution is 2.31.